The topological polar surface area (TPSA) is 56.1 Å². The van der Waals surface area contributed by atoms with E-state index in [1.54, 1.807) is 24.3 Å². The summed E-state index contributed by atoms with van der Waals surface area (Å²) < 4.78 is 0. The Kier molecular flexibility index (Phi) is 8.15. The molecule has 0 aliphatic rings. The van der Waals surface area contributed by atoms with Gasteiger partial charge in [0, 0.05) is 5.69 Å². The summed E-state index contributed by atoms with van der Waals surface area (Å²) >= 11 is 0. The molecular weight excluding hydrogens is 262 g/mol. The zero-order valence-electron chi connectivity index (χ0n) is 13.1. The lowest BCUT2D eigenvalue weighted by Crippen LogP contribution is -2.34. The smallest absolute Gasteiger partial charge is 0.238 e. The highest BCUT2D eigenvalue weighted by molar-refractivity contribution is 5.92. The molecule has 0 radical (unpaired) electrons. The third-order valence-corrected chi connectivity index (χ3v) is 3.30. The Morgan fingerprint density at radius 3 is 2.48 bits per heavy atom. The van der Waals surface area contributed by atoms with Crippen molar-refractivity contribution in [3.05, 3.63) is 29.8 Å². The number of benzene rings is 1. The summed E-state index contributed by atoms with van der Waals surface area (Å²) in [4.78, 5) is 14.3. The molecule has 0 unspecified atom stereocenters. The maximum absolute atomic E-state index is 12.1. The van der Waals surface area contributed by atoms with Crippen molar-refractivity contribution in [2.75, 3.05) is 25.0 Å². The Labute approximate surface area is 127 Å². The fourth-order valence-corrected chi connectivity index (χ4v) is 2.10. The first-order valence-electron chi connectivity index (χ1n) is 7.72. The lowest BCUT2D eigenvalue weighted by molar-refractivity contribution is -0.117. The van der Waals surface area contributed by atoms with Gasteiger partial charge in [0.1, 0.15) is 0 Å². The number of hydrogen-bond donors (Lipinski definition) is 1. The van der Waals surface area contributed by atoms with Crippen LogP contribution in [0.25, 0.3) is 0 Å². The minimum atomic E-state index is -0.0164. The van der Waals surface area contributed by atoms with Crippen molar-refractivity contribution in [3.63, 3.8) is 0 Å². The van der Waals surface area contributed by atoms with Crippen LogP contribution >= 0.6 is 0 Å². The number of carbonyl (C=O) groups is 1. The molecule has 0 aliphatic heterocycles. The highest BCUT2D eigenvalue weighted by Gasteiger charge is 2.10. The zero-order chi connectivity index (χ0) is 15.5. The van der Waals surface area contributed by atoms with Gasteiger partial charge in [-0.25, -0.2) is 0 Å². The molecule has 1 aromatic rings. The Morgan fingerprint density at radius 2 is 1.90 bits per heavy atom. The van der Waals surface area contributed by atoms with E-state index < -0.39 is 0 Å². The molecule has 1 aromatic carbocycles. The van der Waals surface area contributed by atoms with Gasteiger partial charge in [0.05, 0.1) is 18.2 Å². The molecule has 0 aromatic heterocycles. The Balaban J connectivity index is 2.53. The van der Waals surface area contributed by atoms with E-state index in [1.807, 2.05) is 0 Å². The molecule has 0 bridgehead atoms. The van der Waals surface area contributed by atoms with Gasteiger partial charge in [0.25, 0.3) is 0 Å². The summed E-state index contributed by atoms with van der Waals surface area (Å²) in [6, 6.07) is 9.08. The molecule has 1 amide bonds. The van der Waals surface area contributed by atoms with Gasteiger partial charge in [-0.15, -0.1) is 0 Å². The Morgan fingerprint density at radius 1 is 1.24 bits per heavy atom. The number of hydrogen-bond acceptors (Lipinski definition) is 3. The lowest BCUT2D eigenvalue weighted by Gasteiger charge is -2.21. The van der Waals surface area contributed by atoms with Crippen LogP contribution in [-0.2, 0) is 4.79 Å². The maximum atomic E-state index is 12.1. The van der Waals surface area contributed by atoms with E-state index in [1.165, 1.54) is 0 Å². The summed E-state index contributed by atoms with van der Waals surface area (Å²) in [6.07, 6.45) is 4.49. The number of anilines is 1. The summed E-state index contributed by atoms with van der Waals surface area (Å²) in [6.45, 7) is 6.65. The third-order valence-electron chi connectivity index (χ3n) is 3.30. The van der Waals surface area contributed by atoms with Crippen LogP contribution in [0, 0.1) is 11.3 Å². The minimum absolute atomic E-state index is 0.0164. The van der Waals surface area contributed by atoms with Crippen LogP contribution in [0.5, 0.6) is 0 Å². The molecular formula is C17H25N3O. The monoisotopic (exact) mass is 287 g/mol. The van der Waals surface area contributed by atoms with Gasteiger partial charge < -0.3 is 5.32 Å². The van der Waals surface area contributed by atoms with Gasteiger partial charge in [-0.3, -0.25) is 9.69 Å². The predicted octanol–water partition coefficient (Wildman–Crippen LogP) is 3.40. The van der Waals surface area contributed by atoms with E-state index in [-0.39, 0.29) is 5.91 Å². The van der Waals surface area contributed by atoms with Gasteiger partial charge >= 0.3 is 0 Å². The van der Waals surface area contributed by atoms with Crippen molar-refractivity contribution < 1.29 is 4.79 Å². The lowest BCUT2D eigenvalue weighted by atomic mass is 10.2. The number of nitrogens with zero attached hydrogens (tertiary/aromatic N) is 2. The molecule has 0 atom stereocenters. The molecule has 0 heterocycles. The van der Waals surface area contributed by atoms with Gasteiger partial charge in [0.15, 0.2) is 0 Å². The predicted molar refractivity (Wildman–Crippen MR) is 86.0 cm³/mol. The van der Waals surface area contributed by atoms with E-state index in [4.69, 9.17) is 5.26 Å². The van der Waals surface area contributed by atoms with Gasteiger partial charge in [0.2, 0.25) is 5.91 Å². The summed E-state index contributed by atoms with van der Waals surface area (Å²) in [5, 5.41) is 11.7. The second kappa shape index (κ2) is 9.95. The quantitative estimate of drug-likeness (QED) is 0.757. The molecule has 0 saturated carbocycles. The van der Waals surface area contributed by atoms with Crippen molar-refractivity contribution in [1.29, 1.82) is 5.26 Å². The summed E-state index contributed by atoms with van der Waals surface area (Å²) in [7, 11) is 0. The largest absolute Gasteiger partial charge is 0.325 e. The van der Waals surface area contributed by atoms with Crippen molar-refractivity contribution >= 4 is 11.6 Å². The van der Waals surface area contributed by atoms with Crippen LogP contribution < -0.4 is 5.32 Å². The molecule has 0 fully saturated rings. The Hall–Kier alpha value is -1.86. The van der Waals surface area contributed by atoms with Crippen molar-refractivity contribution in [3.8, 4) is 6.07 Å². The van der Waals surface area contributed by atoms with E-state index in [9.17, 15) is 4.79 Å². The normalized spacial score (nSPS) is 10.4. The SMILES string of the molecule is CCCCN(CCCC)CC(=O)Nc1cccc(C#N)c1. The van der Waals surface area contributed by atoms with Gasteiger partial charge in [-0.05, 0) is 44.1 Å². The van der Waals surface area contributed by atoms with E-state index in [0.29, 0.717) is 17.8 Å². The van der Waals surface area contributed by atoms with E-state index in [2.05, 4.69) is 30.1 Å². The third kappa shape index (κ3) is 6.92. The summed E-state index contributed by atoms with van der Waals surface area (Å²) in [5.74, 6) is -0.0164. The van der Waals surface area contributed by atoms with Crippen molar-refractivity contribution in [2.24, 2.45) is 0 Å². The molecule has 1 rings (SSSR count). The number of nitriles is 1. The fourth-order valence-electron chi connectivity index (χ4n) is 2.10. The molecule has 0 spiro atoms. The maximum Gasteiger partial charge on any atom is 0.238 e. The van der Waals surface area contributed by atoms with Crippen LogP contribution in [0.4, 0.5) is 5.69 Å². The van der Waals surface area contributed by atoms with Crippen LogP contribution in [0.3, 0.4) is 0 Å². The summed E-state index contributed by atoms with van der Waals surface area (Å²) in [5.41, 5.74) is 1.24. The second-order valence-corrected chi connectivity index (χ2v) is 5.22. The first kappa shape index (κ1) is 17.2. The molecule has 0 saturated heterocycles. The highest BCUT2D eigenvalue weighted by Crippen LogP contribution is 2.10. The second-order valence-electron chi connectivity index (χ2n) is 5.22. The average molecular weight is 287 g/mol. The van der Waals surface area contributed by atoms with Crippen LogP contribution in [0.1, 0.15) is 45.1 Å². The molecule has 0 aliphatic carbocycles. The van der Waals surface area contributed by atoms with Crippen molar-refractivity contribution in [2.45, 2.75) is 39.5 Å². The molecule has 4 heteroatoms. The molecule has 114 valence electrons. The van der Waals surface area contributed by atoms with Gasteiger partial charge in [-0.2, -0.15) is 5.26 Å². The number of carbonyl (C=O) groups excluding carboxylic acids is 1. The number of unbranched alkanes of at least 4 members (excludes halogenated alkanes) is 2. The van der Waals surface area contributed by atoms with Crippen molar-refractivity contribution in [1.82, 2.24) is 4.90 Å². The van der Waals surface area contributed by atoms with E-state index >= 15 is 0 Å². The standard InChI is InChI=1S/C17H25N3O/c1-3-5-10-20(11-6-4-2)14-17(21)19-16-9-7-8-15(12-16)13-18/h7-9,12H,3-6,10-11,14H2,1-2H3,(H,19,21). The average Bonchev–Trinajstić information content (AvgIpc) is 2.50. The van der Waals surface area contributed by atoms with Crippen LogP contribution in [-0.4, -0.2) is 30.4 Å². The number of nitrogens with one attached hydrogen (secondary N) is 1. The fraction of sp³-hybridized carbons (Fsp3) is 0.529. The Bertz CT molecular complexity index is 471. The first-order valence-corrected chi connectivity index (χ1v) is 7.72. The van der Waals surface area contributed by atoms with Crippen LogP contribution in [0.2, 0.25) is 0 Å². The molecule has 4 nitrogen and oxygen atoms in total. The molecule has 1 N–H and O–H groups in total. The number of rotatable bonds is 9. The first-order chi connectivity index (χ1) is 10.2. The molecule has 21 heavy (non-hydrogen) atoms. The highest BCUT2D eigenvalue weighted by atomic mass is 16.2. The van der Waals surface area contributed by atoms with Gasteiger partial charge in [-0.1, -0.05) is 32.8 Å². The minimum Gasteiger partial charge on any atom is -0.325 e. The number of amides is 1. The zero-order valence-corrected chi connectivity index (χ0v) is 13.1. The van der Waals surface area contributed by atoms with Crippen LogP contribution in [0.15, 0.2) is 24.3 Å². The van der Waals surface area contributed by atoms with E-state index in [0.717, 1.165) is 38.8 Å².